The van der Waals surface area contributed by atoms with Crippen molar-refractivity contribution in [3.8, 4) is 10.6 Å². The third-order valence-electron chi connectivity index (χ3n) is 2.11. The minimum atomic E-state index is -0.562. The monoisotopic (exact) mass is 311 g/mol. The van der Waals surface area contributed by atoms with Crippen LogP contribution in [-0.2, 0) is 4.74 Å². The molecule has 0 aromatic carbocycles. The fourth-order valence-corrected chi connectivity index (χ4v) is 2.52. The van der Waals surface area contributed by atoms with Crippen LogP contribution >= 0.6 is 22.9 Å². The summed E-state index contributed by atoms with van der Waals surface area (Å²) >= 11 is 7.29. The first-order valence-corrected chi connectivity index (χ1v) is 7.11. The number of amides is 1. The number of thiazole rings is 1. The minimum Gasteiger partial charge on any atom is -0.444 e. The molecule has 0 bridgehead atoms. The number of carbonyl (C=O) groups is 1. The van der Waals surface area contributed by atoms with Crippen molar-refractivity contribution in [3.63, 3.8) is 0 Å². The highest BCUT2D eigenvalue weighted by atomic mass is 35.5. The second-order valence-electron chi connectivity index (χ2n) is 5.01. The molecule has 0 unspecified atom stereocenters. The standard InChI is InChI=1S/C13H14ClN3O2S/c1-13(2,3)19-12(18)17-11-9(14)16-10(20-11)8-5-4-6-15-7-8/h4-7H,1-3H3,(H,17,18). The predicted octanol–water partition coefficient (Wildman–Crippen LogP) is 4.21. The van der Waals surface area contributed by atoms with Gasteiger partial charge in [0.15, 0.2) is 5.15 Å². The Labute approximate surface area is 126 Å². The normalized spacial score (nSPS) is 11.2. The molecule has 0 saturated heterocycles. The van der Waals surface area contributed by atoms with E-state index in [-0.39, 0.29) is 5.15 Å². The lowest BCUT2D eigenvalue weighted by atomic mass is 10.2. The van der Waals surface area contributed by atoms with Crippen molar-refractivity contribution in [2.45, 2.75) is 26.4 Å². The van der Waals surface area contributed by atoms with E-state index in [0.717, 1.165) is 5.56 Å². The number of rotatable bonds is 2. The van der Waals surface area contributed by atoms with Crippen LogP contribution < -0.4 is 5.32 Å². The Morgan fingerprint density at radius 1 is 1.45 bits per heavy atom. The highest BCUT2D eigenvalue weighted by Crippen LogP contribution is 2.34. The molecule has 2 heterocycles. The fourth-order valence-electron chi connectivity index (χ4n) is 1.39. The van der Waals surface area contributed by atoms with E-state index in [9.17, 15) is 4.79 Å². The quantitative estimate of drug-likeness (QED) is 0.902. The van der Waals surface area contributed by atoms with Crippen LogP contribution in [-0.4, -0.2) is 21.7 Å². The van der Waals surface area contributed by atoms with Crippen LogP contribution in [0.3, 0.4) is 0 Å². The van der Waals surface area contributed by atoms with Gasteiger partial charge in [0.2, 0.25) is 0 Å². The topological polar surface area (TPSA) is 64.1 Å². The van der Waals surface area contributed by atoms with Gasteiger partial charge in [-0.2, -0.15) is 0 Å². The zero-order chi connectivity index (χ0) is 14.8. The average molecular weight is 312 g/mol. The summed E-state index contributed by atoms with van der Waals surface area (Å²) in [7, 11) is 0. The predicted molar refractivity (Wildman–Crippen MR) is 80.2 cm³/mol. The van der Waals surface area contributed by atoms with Crippen molar-refractivity contribution in [3.05, 3.63) is 29.7 Å². The number of carbonyl (C=O) groups excluding carboxylic acids is 1. The lowest BCUT2D eigenvalue weighted by Crippen LogP contribution is -2.27. The van der Waals surface area contributed by atoms with Gasteiger partial charge in [-0.05, 0) is 32.9 Å². The number of anilines is 1. The number of hydrogen-bond donors (Lipinski definition) is 1. The zero-order valence-corrected chi connectivity index (χ0v) is 12.9. The molecule has 0 aliphatic carbocycles. The molecule has 1 amide bonds. The first kappa shape index (κ1) is 14.7. The molecule has 0 fully saturated rings. The van der Waals surface area contributed by atoms with Crippen LogP contribution in [0.1, 0.15) is 20.8 Å². The molecule has 1 N–H and O–H groups in total. The van der Waals surface area contributed by atoms with Gasteiger partial charge < -0.3 is 4.74 Å². The average Bonchev–Trinajstić information content (AvgIpc) is 2.70. The summed E-state index contributed by atoms with van der Waals surface area (Å²) in [6.45, 7) is 5.38. The molecule has 2 aromatic heterocycles. The summed E-state index contributed by atoms with van der Waals surface area (Å²) in [6.07, 6.45) is 2.81. The molecule has 2 rings (SSSR count). The van der Waals surface area contributed by atoms with Crippen LogP contribution in [0.5, 0.6) is 0 Å². The minimum absolute atomic E-state index is 0.236. The van der Waals surface area contributed by atoms with Gasteiger partial charge in [0.25, 0.3) is 0 Å². The molecule has 20 heavy (non-hydrogen) atoms. The lowest BCUT2D eigenvalue weighted by Gasteiger charge is -2.19. The van der Waals surface area contributed by atoms with E-state index in [0.29, 0.717) is 10.0 Å². The second kappa shape index (κ2) is 5.76. The molecule has 2 aromatic rings. The molecule has 5 nitrogen and oxygen atoms in total. The Morgan fingerprint density at radius 3 is 2.80 bits per heavy atom. The van der Waals surface area contributed by atoms with Gasteiger partial charge in [0.05, 0.1) is 0 Å². The van der Waals surface area contributed by atoms with Gasteiger partial charge >= 0.3 is 6.09 Å². The maximum Gasteiger partial charge on any atom is 0.412 e. The molecule has 0 aliphatic heterocycles. The SMILES string of the molecule is CC(C)(C)OC(=O)Nc1sc(-c2cccnc2)nc1Cl. The molecule has 0 aliphatic rings. The summed E-state index contributed by atoms with van der Waals surface area (Å²) in [5.41, 5.74) is 0.282. The first-order chi connectivity index (χ1) is 9.35. The highest BCUT2D eigenvalue weighted by Gasteiger charge is 2.19. The maximum absolute atomic E-state index is 11.7. The number of ether oxygens (including phenoxy) is 1. The molecular weight excluding hydrogens is 298 g/mol. The van der Waals surface area contributed by atoms with Crippen molar-refractivity contribution in [1.82, 2.24) is 9.97 Å². The van der Waals surface area contributed by atoms with Gasteiger partial charge in [-0.15, -0.1) is 0 Å². The Kier molecular flexibility index (Phi) is 4.25. The van der Waals surface area contributed by atoms with E-state index in [4.69, 9.17) is 16.3 Å². The van der Waals surface area contributed by atoms with E-state index in [1.54, 1.807) is 33.2 Å². The van der Waals surface area contributed by atoms with Crippen molar-refractivity contribution in [1.29, 1.82) is 0 Å². The fraction of sp³-hybridized carbons (Fsp3) is 0.308. The molecule has 0 radical (unpaired) electrons. The van der Waals surface area contributed by atoms with Crippen LogP contribution in [0.15, 0.2) is 24.5 Å². The van der Waals surface area contributed by atoms with Gasteiger partial charge in [-0.3, -0.25) is 10.3 Å². The van der Waals surface area contributed by atoms with E-state index in [1.165, 1.54) is 11.3 Å². The first-order valence-electron chi connectivity index (χ1n) is 5.92. The van der Waals surface area contributed by atoms with Crippen molar-refractivity contribution >= 4 is 34.0 Å². The number of nitrogens with one attached hydrogen (secondary N) is 1. The summed E-state index contributed by atoms with van der Waals surface area (Å²) < 4.78 is 5.17. The van der Waals surface area contributed by atoms with Gasteiger partial charge in [-0.25, -0.2) is 9.78 Å². The third kappa shape index (κ3) is 3.91. The van der Waals surface area contributed by atoms with E-state index >= 15 is 0 Å². The number of nitrogens with zero attached hydrogens (tertiary/aromatic N) is 2. The molecule has 106 valence electrons. The lowest BCUT2D eigenvalue weighted by molar-refractivity contribution is 0.0636. The smallest absolute Gasteiger partial charge is 0.412 e. The Morgan fingerprint density at radius 2 is 2.20 bits per heavy atom. The third-order valence-corrected chi connectivity index (χ3v) is 3.51. The number of aromatic nitrogens is 2. The number of halogens is 1. The molecule has 0 atom stereocenters. The van der Waals surface area contributed by atoms with Crippen LogP contribution in [0, 0.1) is 0 Å². The summed E-state index contributed by atoms with van der Waals surface area (Å²) in [4.78, 5) is 19.9. The van der Waals surface area contributed by atoms with E-state index in [2.05, 4.69) is 15.3 Å². The number of hydrogen-bond acceptors (Lipinski definition) is 5. The summed E-state index contributed by atoms with van der Waals surface area (Å²) in [5.74, 6) is 0. The van der Waals surface area contributed by atoms with Crippen LogP contribution in [0.25, 0.3) is 10.6 Å². The Bertz CT molecular complexity index is 608. The molecular formula is C13H14ClN3O2S. The molecule has 0 saturated carbocycles. The van der Waals surface area contributed by atoms with Gasteiger partial charge in [0, 0.05) is 18.0 Å². The van der Waals surface area contributed by atoms with E-state index < -0.39 is 11.7 Å². The van der Waals surface area contributed by atoms with Crippen molar-refractivity contribution < 1.29 is 9.53 Å². The maximum atomic E-state index is 11.7. The van der Waals surface area contributed by atoms with Crippen LogP contribution in [0.4, 0.5) is 9.80 Å². The Balaban J connectivity index is 2.15. The molecule has 0 spiro atoms. The second-order valence-corrected chi connectivity index (χ2v) is 6.36. The van der Waals surface area contributed by atoms with Gasteiger partial charge in [-0.1, -0.05) is 22.9 Å². The highest BCUT2D eigenvalue weighted by molar-refractivity contribution is 7.19. The van der Waals surface area contributed by atoms with E-state index in [1.807, 2.05) is 12.1 Å². The van der Waals surface area contributed by atoms with Crippen molar-refractivity contribution in [2.75, 3.05) is 5.32 Å². The molecule has 7 heteroatoms. The van der Waals surface area contributed by atoms with Gasteiger partial charge in [0.1, 0.15) is 15.6 Å². The Hall–Kier alpha value is -1.66. The number of pyridine rings is 1. The summed E-state index contributed by atoms with van der Waals surface area (Å²) in [6, 6.07) is 3.69. The van der Waals surface area contributed by atoms with Crippen LogP contribution in [0.2, 0.25) is 5.15 Å². The summed E-state index contributed by atoms with van der Waals surface area (Å²) in [5, 5.41) is 3.98. The largest absolute Gasteiger partial charge is 0.444 e. The van der Waals surface area contributed by atoms with Crippen molar-refractivity contribution in [2.24, 2.45) is 0 Å². The zero-order valence-electron chi connectivity index (χ0n) is 11.3.